The second-order valence-electron chi connectivity index (χ2n) is 3.14. The zero-order valence-corrected chi connectivity index (χ0v) is 8.53. The first-order chi connectivity index (χ1) is 5.84. The molecule has 1 heterocycles. The SMILES string of the molecule is CCCCCCN1SCCC1=O. The van der Waals surface area contributed by atoms with Crippen molar-refractivity contribution in [2.75, 3.05) is 12.3 Å². The lowest BCUT2D eigenvalue weighted by atomic mass is 10.2. The van der Waals surface area contributed by atoms with E-state index in [9.17, 15) is 4.79 Å². The number of amides is 1. The number of carbonyl (C=O) groups excluding carboxylic acids is 1. The molecule has 0 bridgehead atoms. The van der Waals surface area contributed by atoms with Gasteiger partial charge in [-0.2, -0.15) is 0 Å². The third kappa shape index (κ3) is 3.05. The molecule has 0 saturated carbocycles. The molecule has 0 unspecified atom stereocenters. The van der Waals surface area contributed by atoms with Crippen LogP contribution in [-0.2, 0) is 4.79 Å². The van der Waals surface area contributed by atoms with Crippen molar-refractivity contribution < 1.29 is 4.79 Å². The number of unbranched alkanes of at least 4 members (excludes halogenated alkanes) is 3. The molecular weight excluding hydrogens is 170 g/mol. The third-order valence-corrected chi connectivity index (χ3v) is 3.14. The highest BCUT2D eigenvalue weighted by atomic mass is 32.2. The number of carbonyl (C=O) groups is 1. The summed E-state index contributed by atoms with van der Waals surface area (Å²) >= 11 is 1.69. The Balaban J connectivity index is 2.02. The lowest BCUT2D eigenvalue weighted by Gasteiger charge is -2.12. The molecule has 0 atom stereocenters. The van der Waals surface area contributed by atoms with Crippen molar-refractivity contribution in [3.05, 3.63) is 0 Å². The summed E-state index contributed by atoms with van der Waals surface area (Å²) in [6.07, 6.45) is 5.75. The molecule has 0 aliphatic carbocycles. The number of nitrogens with zero attached hydrogens (tertiary/aromatic N) is 1. The minimum Gasteiger partial charge on any atom is -0.286 e. The maximum absolute atomic E-state index is 11.1. The van der Waals surface area contributed by atoms with Crippen LogP contribution < -0.4 is 0 Å². The number of hydrogen-bond donors (Lipinski definition) is 0. The van der Waals surface area contributed by atoms with Crippen molar-refractivity contribution >= 4 is 17.9 Å². The van der Waals surface area contributed by atoms with Crippen molar-refractivity contribution in [3.8, 4) is 0 Å². The van der Waals surface area contributed by atoms with Crippen molar-refractivity contribution in [2.24, 2.45) is 0 Å². The van der Waals surface area contributed by atoms with Crippen LogP contribution >= 0.6 is 11.9 Å². The molecule has 0 aromatic rings. The monoisotopic (exact) mass is 187 g/mol. The minimum absolute atomic E-state index is 0.330. The molecule has 0 aromatic carbocycles. The molecule has 1 rings (SSSR count). The average Bonchev–Trinajstić information content (AvgIpc) is 2.46. The van der Waals surface area contributed by atoms with Gasteiger partial charge in [-0.15, -0.1) is 0 Å². The van der Waals surface area contributed by atoms with Crippen LogP contribution in [0.3, 0.4) is 0 Å². The summed E-state index contributed by atoms with van der Waals surface area (Å²) in [6, 6.07) is 0. The molecule has 0 radical (unpaired) electrons. The molecule has 3 heteroatoms. The van der Waals surface area contributed by atoms with Crippen LogP contribution in [0.25, 0.3) is 0 Å². The van der Waals surface area contributed by atoms with E-state index in [4.69, 9.17) is 0 Å². The fourth-order valence-electron chi connectivity index (χ4n) is 1.31. The van der Waals surface area contributed by atoms with Crippen molar-refractivity contribution in [1.29, 1.82) is 0 Å². The Morgan fingerprint density at radius 2 is 2.25 bits per heavy atom. The van der Waals surface area contributed by atoms with E-state index in [1.807, 2.05) is 4.31 Å². The molecule has 0 aromatic heterocycles. The summed E-state index contributed by atoms with van der Waals surface area (Å²) in [7, 11) is 0. The van der Waals surface area contributed by atoms with Gasteiger partial charge in [0.25, 0.3) is 0 Å². The summed E-state index contributed by atoms with van der Waals surface area (Å²) in [6.45, 7) is 3.17. The van der Waals surface area contributed by atoms with Gasteiger partial charge in [-0.05, 0) is 18.4 Å². The van der Waals surface area contributed by atoms with Crippen LogP contribution in [0.2, 0.25) is 0 Å². The van der Waals surface area contributed by atoms with Crippen LogP contribution in [0.4, 0.5) is 0 Å². The Hall–Kier alpha value is -0.180. The lowest BCUT2D eigenvalue weighted by Crippen LogP contribution is -2.19. The highest BCUT2D eigenvalue weighted by molar-refractivity contribution is 7.97. The molecule has 70 valence electrons. The van der Waals surface area contributed by atoms with E-state index in [1.165, 1.54) is 25.7 Å². The van der Waals surface area contributed by atoms with Crippen molar-refractivity contribution in [3.63, 3.8) is 0 Å². The van der Waals surface area contributed by atoms with E-state index in [1.54, 1.807) is 11.9 Å². The molecule has 0 spiro atoms. The molecular formula is C9H17NOS. The Bertz CT molecular complexity index is 149. The maximum Gasteiger partial charge on any atom is 0.233 e. The van der Waals surface area contributed by atoms with Gasteiger partial charge in [0, 0.05) is 18.7 Å². The molecule has 2 nitrogen and oxygen atoms in total. The number of hydrogen-bond acceptors (Lipinski definition) is 2. The van der Waals surface area contributed by atoms with Gasteiger partial charge in [0.15, 0.2) is 0 Å². The van der Waals surface area contributed by atoms with Crippen LogP contribution in [0.15, 0.2) is 0 Å². The summed E-state index contributed by atoms with van der Waals surface area (Å²) in [4.78, 5) is 11.1. The zero-order valence-electron chi connectivity index (χ0n) is 7.71. The van der Waals surface area contributed by atoms with E-state index in [0.717, 1.165) is 18.7 Å². The quantitative estimate of drug-likeness (QED) is 0.487. The van der Waals surface area contributed by atoms with Gasteiger partial charge in [0.1, 0.15) is 0 Å². The summed E-state index contributed by atoms with van der Waals surface area (Å²) in [5.74, 6) is 1.32. The summed E-state index contributed by atoms with van der Waals surface area (Å²) in [5.41, 5.74) is 0. The van der Waals surface area contributed by atoms with Gasteiger partial charge >= 0.3 is 0 Å². The van der Waals surface area contributed by atoms with Crippen molar-refractivity contribution in [1.82, 2.24) is 4.31 Å². The van der Waals surface area contributed by atoms with Crippen LogP contribution in [0, 0.1) is 0 Å². The predicted octanol–water partition coefficient (Wildman–Crippen LogP) is 2.45. The van der Waals surface area contributed by atoms with Gasteiger partial charge in [-0.1, -0.05) is 26.2 Å². The minimum atomic E-state index is 0.330. The number of rotatable bonds is 5. The Kier molecular flexibility index (Phi) is 4.51. The van der Waals surface area contributed by atoms with Gasteiger partial charge in [-0.25, -0.2) is 0 Å². The first-order valence-electron chi connectivity index (χ1n) is 4.78. The van der Waals surface area contributed by atoms with Crippen LogP contribution in [0.5, 0.6) is 0 Å². The van der Waals surface area contributed by atoms with E-state index in [0.29, 0.717) is 5.91 Å². The Morgan fingerprint density at radius 3 is 2.83 bits per heavy atom. The van der Waals surface area contributed by atoms with Gasteiger partial charge in [0.05, 0.1) is 0 Å². The zero-order chi connectivity index (χ0) is 8.81. The first kappa shape index (κ1) is 9.90. The molecule has 12 heavy (non-hydrogen) atoms. The highest BCUT2D eigenvalue weighted by Gasteiger charge is 2.19. The van der Waals surface area contributed by atoms with E-state index in [-0.39, 0.29) is 0 Å². The van der Waals surface area contributed by atoms with Crippen molar-refractivity contribution in [2.45, 2.75) is 39.0 Å². The fraction of sp³-hybridized carbons (Fsp3) is 0.889. The predicted molar refractivity (Wildman–Crippen MR) is 52.9 cm³/mol. The molecule has 1 amide bonds. The standard InChI is InChI=1S/C9H17NOS/c1-2-3-4-5-7-10-9(11)6-8-12-10/h2-8H2,1H3. The van der Waals surface area contributed by atoms with E-state index >= 15 is 0 Å². The lowest BCUT2D eigenvalue weighted by molar-refractivity contribution is -0.124. The second kappa shape index (κ2) is 5.46. The first-order valence-corrected chi connectivity index (χ1v) is 5.72. The second-order valence-corrected chi connectivity index (χ2v) is 4.25. The largest absolute Gasteiger partial charge is 0.286 e. The third-order valence-electron chi connectivity index (χ3n) is 2.06. The topological polar surface area (TPSA) is 20.3 Å². The molecule has 1 fully saturated rings. The normalized spacial score (nSPS) is 17.4. The van der Waals surface area contributed by atoms with Crippen LogP contribution in [-0.4, -0.2) is 22.5 Å². The molecule has 1 aliphatic rings. The smallest absolute Gasteiger partial charge is 0.233 e. The van der Waals surface area contributed by atoms with Gasteiger partial charge in [0.2, 0.25) is 5.91 Å². The Morgan fingerprint density at radius 1 is 1.42 bits per heavy atom. The summed E-state index contributed by atoms with van der Waals surface area (Å²) in [5, 5.41) is 0. The fourth-order valence-corrected chi connectivity index (χ4v) is 2.29. The summed E-state index contributed by atoms with van der Waals surface area (Å²) < 4.78 is 1.93. The van der Waals surface area contributed by atoms with E-state index < -0.39 is 0 Å². The Labute approximate surface area is 78.8 Å². The molecule has 1 saturated heterocycles. The van der Waals surface area contributed by atoms with Gasteiger partial charge < -0.3 is 0 Å². The van der Waals surface area contributed by atoms with E-state index in [2.05, 4.69) is 6.92 Å². The maximum atomic E-state index is 11.1. The molecule has 0 N–H and O–H groups in total. The molecule has 1 aliphatic heterocycles. The average molecular weight is 187 g/mol. The highest BCUT2D eigenvalue weighted by Crippen LogP contribution is 2.21. The van der Waals surface area contributed by atoms with Gasteiger partial charge in [-0.3, -0.25) is 9.10 Å². The van der Waals surface area contributed by atoms with Crippen LogP contribution in [0.1, 0.15) is 39.0 Å².